The topological polar surface area (TPSA) is 29.1 Å². The Morgan fingerprint density at radius 3 is 2.64 bits per heavy atom. The Hall–Kier alpha value is -0.320. The summed E-state index contributed by atoms with van der Waals surface area (Å²) in [5.74, 6) is 1.17. The number of hydrogen-bond donors (Lipinski definition) is 1. The number of thioether (sulfide) groups is 2. The number of carbonyl (C=O) groups excluding carboxylic acids is 1. The zero-order valence-electron chi connectivity index (χ0n) is 13.0. The highest BCUT2D eigenvalue weighted by atomic mass is 35.5. The first-order chi connectivity index (χ1) is 10.7. The summed E-state index contributed by atoms with van der Waals surface area (Å²) in [5, 5.41) is 4.60. The van der Waals surface area contributed by atoms with E-state index < -0.39 is 0 Å². The number of rotatable bonds is 8. The molecule has 2 rings (SSSR count). The van der Waals surface area contributed by atoms with Crippen molar-refractivity contribution >= 4 is 41.0 Å². The number of benzene rings is 1. The Kier molecular flexibility index (Phi) is 7.98. The molecule has 5 heteroatoms. The van der Waals surface area contributed by atoms with Gasteiger partial charge in [0.25, 0.3) is 0 Å². The van der Waals surface area contributed by atoms with Gasteiger partial charge < -0.3 is 5.32 Å². The van der Waals surface area contributed by atoms with Gasteiger partial charge in [0.15, 0.2) is 0 Å². The first kappa shape index (κ1) is 18.0. The van der Waals surface area contributed by atoms with E-state index in [4.69, 9.17) is 11.6 Å². The molecule has 0 bridgehead atoms. The zero-order valence-corrected chi connectivity index (χ0v) is 15.4. The van der Waals surface area contributed by atoms with Gasteiger partial charge in [-0.3, -0.25) is 4.79 Å². The molecule has 0 saturated heterocycles. The lowest BCUT2D eigenvalue weighted by Gasteiger charge is -2.15. The molecular weight excluding hydrogens is 334 g/mol. The average molecular weight is 358 g/mol. The van der Waals surface area contributed by atoms with E-state index in [9.17, 15) is 4.79 Å². The van der Waals surface area contributed by atoms with E-state index >= 15 is 0 Å². The fourth-order valence-corrected chi connectivity index (χ4v) is 4.89. The predicted octanol–water partition coefficient (Wildman–Crippen LogP) is 5.00. The van der Waals surface area contributed by atoms with Crippen LogP contribution in [0.3, 0.4) is 0 Å². The van der Waals surface area contributed by atoms with Crippen LogP contribution in [0, 0.1) is 0 Å². The molecule has 0 heterocycles. The maximum atomic E-state index is 12.3. The van der Waals surface area contributed by atoms with Crippen molar-refractivity contribution in [2.75, 3.05) is 12.3 Å². The Morgan fingerprint density at radius 1 is 1.32 bits per heavy atom. The van der Waals surface area contributed by atoms with Gasteiger partial charge in [-0.15, -0.1) is 11.8 Å². The van der Waals surface area contributed by atoms with Gasteiger partial charge in [0.1, 0.15) is 0 Å². The van der Waals surface area contributed by atoms with Crippen molar-refractivity contribution in [3.63, 3.8) is 0 Å². The summed E-state index contributed by atoms with van der Waals surface area (Å²) >= 11 is 9.52. The highest BCUT2D eigenvalue weighted by molar-refractivity contribution is 8.00. The number of amides is 1. The fraction of sp³-hybridized carbons (Fsp3) is 0.588. The maximum absolute atomic E-state index is 12.3. The van der Waals surface area contributed by atoms with Crippen molar-refractivity contribution < 1.29 is 4.79 Å². The molecule has 1 fully saturated rings. The molecule has 0 radical (unpaired) electrons. The van der Waals surface area contributed by atoms with E-state index in [1.165, 1.54) is 25.7 Å². The zero-order chi connectivity index (χ0) is 15.8. The molecule has 1 N–H and O–H groups in total. The van der Waals surface area contributed by atoms with Crippen LogP contribution in [0.4, 0.5) is 0 Å². The van der Waals surface area contributed by atoms with Crippen LogP contribution in [0.25, 0.3) is 0 Å². The number of hydrogen-bond acceptors (Lipinski definition) is 3. The van der Waals surface area contributed by atoms with Crippen LogP contribution in [-0.4, -0.2) is 28.7 Å². The van der Waals surface area contributed by atoms with Crippen molar-refractivity contribution in [3.8, 4) is 0 Å². The average Bonchev–Trinajstić information content (AvgIpc) is 3.04. The molecule has 1 atom stereocenters. The van der Waals surface area contributed by atoms with Crippen LogP contribution in [0.15, 0.2) is 29.2 Å². The minimum absolute atomic E-state index is 0.0299. The monoisotopic (exact) mass is 357 g/mol. The molecular formula is C17H24ClNOS2. The Balaban J connectivity index is 1.70. The summed E-state index contributed by atoms with van der Waals surface area (Å²) < 4.78 is 0. The van der Waals surface area contributed by atoms with Crippen LogP contribution in [-0.2, 0) is 4.79 Å². The summed E-state index contributed by atoms with van der Waals surface area (Å²) in [5.41, 5.74) is 0. The molecule has 1 aromatic rings. The summed E-state index contributed by atoms with van der Waals surface area (Å²) in [7, 11) is 0. The molecule has 22 heavy (non-hydrogen) atoms. The second-order valence-corrected chi connectivity index (χ2v) is 8.66. The van der Waals surface area contributed by atoms with E-state index in [2.05, 4.69) is 12.2 Å². The fourth-order valence-electron chi connectivity index (χ4n) is 2.57. The predicted molar refractivity (Wildman–Crippen MR) is 99.1 cm³/mol. The lowest BCUT2D eigenvalue weighted by atomic mass is 10.3. The molecule has 122 valence electrons. The SMILES string of the molecule is CC[C@@H](Sc1ccc(Cl)cc1)C(=O)NCCSC1CCCC1. The second-order valence-electron chi connectivity index (χ2n) is 5.54. The van der Waals surface area contributed by atoms with E-state index in [0.717, 1.165) is 33.9 Å². The number of carbonyl (C=O) groups is 1. The minimum Gasteiger partial charge on any atom is -0.354 e. The van der Waals surface area contributed by atoms with Gasteiger partial charge in [0.05, 0.1) is 5.25 Å². The number of halogens is 1. The molecule has 0 unspecified atom stereocenters. The molecule has 1 aliphatic carbocycles. The lowest BCUT2D eigenvalue weighted by Crippen LogP contribution is -2.34. The summed E-state index contributed by atoms with van der Waals surface area (Å²) in [6.45, 7) is 2.83. The van der Waals surface area contributed by atoms with Crippen LogP contribution < -0.4 is 5.32 Å². The first-order valence-corrected chi connectivity index (χ1v) is 10.3. The second kappa shape index (κ2) is 9.74. The Labute approximate surface area is 147 Å². The van der Waals surface area contributed by atoms with Crippen molar-refractivity contribution in [1.29, 1.82) is 0 Å². The quantitative estimate of drug-likeness (QED) is 0.524. The van der Waals surface area contributed by atoms with E-state index in [1.54, 1.807) is 11.8 Å². The van der Waals surface area contributed by atoms with E-state index in [-0.39, 0.29) is 11.2 Å². The van der Waals surface area contributed by atoms with Crippen molar-refractivity contribution in [1.82, 2.24) is 5.32 Å². The van der Waals surface area contributed by atoms with Gasteiger partial charge in [-0.2, -0.15) is 11.8 Å². The third-order valence-electron chi connectivity index (χ3n) is 3.81. The summed E-state index contributed by atoms with van der Waals surface area (Å²) in [4.78, 5) is 13.4. The van der Waals surface area contributed by atoms with Crippen molar-refractivity contribution in [2.24, 2.45) is 0 Å². The molecule has 1 aliphatic rings. The molecule has 1 aromatic carbocycles. The van der Waals surface area contributed by atoms with Crippen LogP contribution in [0.2, 0.25) is 5.02 Å². The van der Waals surface area contributed by atoms with Gasteiger partial charge in [-0.05, 0) is 43.5 Å². The first-order valence-electron chi connectivity index (χ1n) is 8.00. The van der Waals surface area contributed by atoms with Gasteiger partial charge in [-0.25, -0.2) is 0 Å². The van der Waals surface area contributed by atoms with Crippen LogP contribution in [0.1, 0.15) is 39.0 Å². The smallest absolute Gasteiger partial charge is 0.233 e. The normalized spacial score (nSPS) is 16.6. The molecule has 0 aliphatic heterocycles. The number of nitrogens with one attached hydrogen (secondary N) is 1. The lowest BCUT2D eigenvalue weighted by molar-refractivity contribution is -0.120. The Bertz CT molecular complexity index is 460. The molecule has 1 saturated carbocycles. The molecule has 0 spiro atoms. The van der Waals surface area contributed by atoms with Gasteiger partial charge in [0.2, 0.25) is 5.91 Å². The Morgan fingerprint density at radius 2 is 2.00 bits per heavy atom. The van der Waals surface area contributed by atoms with E-state index in [0.29, 0.717) is 0 Å². The van der Waals surface area contributed by atoms with Crippen LogP contribution >= 0.6 is 35.1 Å². The maximum Gasteiger partial charge on any atom is 0.233 e. The standard InChI is InChI=1S/C17H24ClNOS2/c1-2-16(22-15-9-7-13(18)8-10-15)17(20)19-11-12-21-14-5-3-4-6-14/h7-10,14,16H,2-6,11-12H2,1H3,(H,19,20)/t16-/m1/s1. The van der Waals surface area contributed by atoms with E-state index in [1.807, 2.05) is 36.0 Å². The highest BCUT2D eigenvalue weighted by Crippen LogP contribution is 2.29. The summed E-state index contributed by atoms with van der Waals surface area (Å²) in [6.07, 6.45) is 6.28. The largest absolute Gasteiger partial charge is 0.354 e. The van der Waals surface area contributed by atoms with Gasteiger partial charge in [0, 0.05) is 27.5 Å². The van der Waals surface area contributed by atoms with Crippen molar-refractivity contribution in [2.45, 2.75) is 54.4 Å². The molecule has 0 aromatic heterocycles. The highest BCUT2D eigenvalue weighted by Gasteiger charge is 2.18. The molecule has 2 nitrogen and oxygen atoms in total. The van der Waals surface area contributed by atoms with Gasteiger partial charge >= 0.3 is 0 Å². The van der Waals surface area contributed by atoms with Gasteiger partial charge in [-0.1, -0.05) is 31.4 Å². The minimum atomic E-state index is -0.0299. The third-order valence-corrected chi connectivity index (χ3v) is 6.82. The summed E-state index contributed by atoms with van der Waals surface area (Å²) in [6, 6.07) is 7.68. The van der Waals surface area contributed by atoms with Crippen molar-refractivity contribution in [3.05, 3.63) is 29.3 Å². The van der Waals surface area contributed by atoms with Crippen LogP contribution in [0.5, 0.6) is 0 Å². The third kappa shape index (κ3) is 6.05. The molecule has 1 amide bonds.